The minimum atomic E-state index is -1.32. The molecular formula is C17H11FN2O4. The van der Waals surface area contributed by atoms with Crippen molar-refractivity contribution in [2.24, 2.45) is 0 Å². The Bertz CT molecular complexity index is 853. The van der Waals surface area contributed by atoms with Crippen molar-refractivity contribution < 1.29 is 23.6 Å². The summed E-state index contributed by atoms with van der Waals surface area (Å²) in [6.07, 6.45) is 3.61. The monoisotopic (exact) mass is 326 g/mol. The molecule has 0 aromatic heterocycles. The number of hydrogen-bond donors (Lipinski definition) is 0. The van der Waals surface area contributed by atoms with E-state index in [9.17, 15) is 23.6 Å². The molecule has 1 aromatic rings. The van der Waals surface area contributed by atoms with Crippen LogP contribution in [0.5, 0.6) is 0 Å². The van der Waals surface area contributed by atoms with Crippen LogP contribution in [0, 0.1) is 0 Å². The molecular weight excluding hydrogens is 315 g/mol. The van der Waals surface area contributed by atoms with E-state index in [4.69, 9.17) is 0 Å². The molecule has 1 fully saturated rings. The first kappa shape index (κ1) is 14.5. The molecule has 1 unspecified atom stereocenters. The van der Waals surface area contributed by atoms with Gasteiger partial charge in [0.2, 0.25) is 11.7 Å². The van der Waals surface area contributed by atoms with Crippen LogP contribution in [-0.4, -0.2) is 39.1 Å². The van der Waals surface area contributed by atoms with E-state index in [1.807, 2.05) is 0 Å². The third kappa shape index (κ3) is 1.75. The van der Waals surface area contributed by atoms with E-state index in [0.717, 1.165) is 22.2 Å². The summed E-state index contributed by atoms with van der Waals surface area (Å²) in [5.41, 5.74) is -0.932. The lowest BCUT2D eigenvalue weighted by molar-refractivity contribution is -0.141. The van der Waals surface area contributed by atoms with Crippen LogP contribution in [0.3, 0.4) is 0 Å². The Morgan fingerprint density at radius 3 is 2.21 bits per heavy atom. The molecule has 1 atom stereocenters. The maximum absolute atomic E-state index is 13.9. The third-order valence-electron chi connectivity index (χ3n) is 4.48. The molecule has 7 heteroatoms. The number of carbonyl (C=O) groups is 4. The number of ketones is 1. The Kier molecular flexibility index (Phi) is 2.84. The van der Waals surface area contributed by atoms with E-state index in [-0.39, 0.29) is 24.0 Å². The number of amides is 3. The number of benzene rings is 1. The lowest BCUT2D eigenvalue weighted by Gasteiger charge is -2.38. The largest absolute Gasteiger partial charge is 0.287 e. The van der Waals surface area contributed by atoms with Gasteiger partial charge in [-0.1, -0.05) is 12.1 Å². The van der Waals surface area contributed by atoms with Gasteiger partial charge >= 0.3 is 0 Å². The van der Waals surface area contributed by atoms with Gasteiger partial charge in [-0.2, -0.15) is 5.01 Å². The molecule has 2 heterocycles. The second-order valence-corrected chi connectivity index (χ2v) is 5.85. The van der Waals surface area contributed by atoms with E-state index < -0.39 is 34.9 Å². The van der Waals surface area contributed by atoms with Crippen LogP contribution in [-0.2, 0) is 9.59 Å². The Morgan fingerprint density at radius 1 is 1.00 bits per heavy atom. The molecule has 0 bridgehead atoms. The molecule has 1 saturated heterocycles. The van der Waals surface area contributed by atoms with Crippen LogP contribution in [0.25, 0.3) is 0 Å². The van der Waals surface area contributed by atoms with E-state index >= 15 is 0 Å². The summed E-state index contributed by atoms with van der Waals surface area (Å²) in [4.78, 5) is 49.0. The van der Waals surface area contributed by atoms with Gasteiger partial charge in [0.25, 0.3) is 11.8 Å². The van der Waals surface area contributed by atoms with Crippen molar-refractivity contribution >= 4 is 23.5 Å². The number of carbonyl (C=O) groups excluding carboxylic acids is 4. The first-order valence-corrected chi connectivity index (χ1v) is 7.37. The van der Waals surface area contributed by atoms with Gasteiger partial charge in [-0.15, -0.1) is 0 Å². The fraction of sp³-hybridized carbons (Fsp3) is 0.176. The number of allylic oxidation sites excluding steroid dienone is 2. The Balaban J connectivity index is 1.83. The minimum Gasteiger partial charge on any atom is -0.287 e. The fourth-order valence-corrected chi connectivity index (χ4v) is 3.33. The highest BCUT2D eigenvalue weighted by atomic mass is 19.1. The van der Waals surface area contributed by atoms with Gasteiger partial charge in [-0.05, 0) is 36.8 Å². The maximum atomic E-state index is 13.9. The van der Waals surface area contributed by atoms with Crippen LogP contribution in [0.4, 0.5) is 4.39 Å². The highest BCUT2D eigenvalue weighted by Gasteiger charge is 2.53. The molecule has 0 radical (unpaired) electrons. The first-order chi connectivity index (χ1) is 11.4. The molecule has 0 saturated carbocycles. The van der Waals surface area contributed by atoms with Crippen molar-refractivity contribution in [1.82, 2.24) is 10.0 Å². The van der Waals surface area contributed by atoms with Gasteiger partial charge in [0.1, 0.15) is 5.54 Å². The zero-order valence-corrected chi connectivity index (χ0v) is 12.4. The van der Waals surface area contributed by atoms with Gasteiger partial charge in [-0.3, -0.25) is 19.2 Å². The van der Waals surface area contributed by atoms with E-state index in [1.54, 1.807) is 12.1 Å². The molecule has 6 nitrogen and oxygen atoms in total. The number of halogens is 1. The summed E-state index contributed by atoms with van der Waals surface area (Å²) >= 11 is 0. The standard InChI is InChI=1S/C17H11FN2O4/c18-12-9-17(7-5-13(12)21)8-6-14(22)20(17)19-15(23)10-3-1-2-4-11(10)16(19)24/h1-5,7,9H,6,8H2. The van der Waals surface area contributed by atoms with E-state index in [0.29, 0.717) is 0 Å². The maximum Gasteiger partial charge on any atom is 0.280 e. The topological polar surface area (TPSA) is 74.8 Å². The number of hydrogen-bond acceptors (Lipinski definition) is 4. The van der Waals surface area contributed by atoms with Crippen LogP contribution >= 0.6 is 0 Å². The van der Waals surface area contributed by atoms with Gasteiger partial charge in [0, 0.05) is 6.42 Å². The number of hydrazine groups is 1. The smallest absolute Gasteiger partial charge is 0.280 e. The molecule has 1 aromatic carbocycles. The molecule has 24 heavy (non-hydrogen) atoms. The normalized spacial score (nSPS) is 25.8. The highest BCUT2D eigenvalue weighted by molar-refractivity contribution is 6.22. The Morgan fingerprint density at radius 2 is 1.62 bits per heavy atom. The summed E-state index contributed by atoms with van der Waals surface area (Å²) in [6, 6.07) is 6.24. The molecule has 2 aliphatic heterocycles. The number of rotatable bonds is 1. The van der Waals surface area contributed by atoms with Crippen molar-refractivity contribution in [3.63, 3.8) is 0 Å². The highest BCUT2D eigenvalue weighted by Crippen LogP contribution is 2.40. The number of fused-ring (bicyclic) bond motifs is 1. The SMILES string of the molecule is O=C1C=CC2(C=C1F)CCC(=O)N2N1C(=O)c2ccccc2C1=O. The summed E-state index contributed by atoms with van der Waals surface area (Å²) in [6.45, 7) is 0. The molecule has 3 amide bonds. The molecule has 4 rings (SSSR count). The molecule has 3 aliphatic rings. The summed E-state index contributed by atoms with van der Waals surface area (Å²) in [5, 5.41) is 1.73. The van der Waals surface area contributed by atoms with Crippen LogP contribution in [0.1, 0.15) is 33.6 Å². The van der Waals surface area contributed by atoms with Crippen molar-refractivity contribution in [3.8, 4) is 0 Å². The van der Waals surface area contributed by atoms with Crippen molar-refractivity contribution in [2.45, 2.75) is 18.4 Å². The summed E-state index contributed by atoms with van der Waals surface area (Å²) in [7, 11) is 0. The predicted molar refractivity (Wildman–Crippen MR) is 79.1 cm³/mol. The third-order valence-corrected chi connectivity index (χ3v) is 4.48. The second-order valence-electron chi connectivity index (χ2n) is 5.85. The zero-order valence-electron chi connectivity index (χ0n) is 12.4. The molecule has 1 spiro atoms. The molecule has 0 N–H and O–H groups in total. The van der Waals surface area contributed by atoms with Crippen molar-refractivity contribution in [2.75, 3.05) is 0 Å². The van der Waals surface area contributed by atoms with E-state index in [2.05, 4.69) is 0 Å². The molecule has 1 aliphatic carbocycles. The Labute approximate surface area is 135 Å². The average Bonchev–Trinajstić information content (AvgIpc) is 3.00. The summed E-state index contributed by atoms with van der Waals surface area (Å²) < 4.78 is 13.9. The van der Waals surface area contributed by atoms with Crippen molar-refractivity contribution in [3.05, 3.63) is 59.4 Å². The average molecular weight is 326 g/mol. The van der Waals surface area contributed by atoms with Gasteiger partial charge < -0.3 is 0 Å². The van der Waals surface area contributed by atoms with E-state index in [1.165, 1.54) is 18.2 Å². The van der Waals surface area contributed by atoms with Gasteiger partial charge in [0.05, 0.1) is 11.1 Å². The predicted octanol–water partition coefficient (Wildman–Crippen LogP) is 1.55. The van der Waals surface area contributed by atoms with Gasteiger partial charge in [-0.25, -0.2) is 9.40 Å². The van der Waals surface area contributed by atoms with Crippen LogP contribution in [0.15, 0.2) is 48.3 Å². The molecule has 120 valence electrons. The lowest BCUT2D eigenvalue weighted by Crippen LogP contribution is -2.56. The lowest BCUT2D eigenvalue weighted by atomic mass is 9.91. The minimum absolute atomic E-state index is 0.0374. The number of nitrogens with zero attached hydrogens (tertiary/aromatic N) is 2. The first-order valence-electron chi connectivity index (χ1n) is 7.37. The van der Waals surface area contributed by atoms with Crippen LogP contribution in [0.2, 0.25) is 0 Å². The van der Waals surface area contributed by atoms with Crippen LogP contribution < -0.4 is 0 Å². The Hall–Kier alpha value is -3.09. The zero-order chi connectivity index (χ0) is 17.1. The fourth-order valence-electron chi connectivity index (χ4n) is 3.33. The van der Waals surface area contributed by atoms with Gasteiger partial charge in [0.15, 0.2) is 5.83 Å². The van der Waals surface area contributed by atoms with Crippen molar-refractivity contribution in [1.29, 1.82) is 0 Å². The number of imide groups is 1. The second kappa shape index (κ2) is 4.70. The summed E-state index contributed by atoms with van der Waals surface area (Å²) in [5.74, 6) is -3.56. The quantitative estimate of drug-likeness (QED) is 0.734.